The van der Waals surface area contributed by atoms with Gasteiger partial charge < -0.3 is 10.1 Å². The monoisotopic (exact) mass is 235 g/mol. The lowest BCUT2D eigenvalue weighted by Crippen LogP contribution is -2.30. The molecule has 0 aliphatic carbocycles. The van der Waals surface area contributed by atoms with Crippen LogP contribution < -0.4 is 10.1 Å². The first-order valence-electron chi connectivity index (χ1n) is 5.99. The molecule has 1 atom stereocenters. The minimum absolute atomic E-state index is 0.121. The summed E-state index contributed by atoms with van der Waals surface area (Å²) in [5, 5.41) is 3.20. The van der Waals surface area contributed by atoms with E-state index in [0.717, 1.165) is 23.3 Å². The maximum Gasteiger partial charge on any atom is 0.176 e. The fourth-order valence-electron chi connectivity index (χ4n) is 1.57. The van der Waals surface area contributed by atoms with Gasteiger partial charge in [-0.3, -0.25) is 4.79 Å². The first kappa shape index (κ1) is 13.7. The van der Waals surface area contributed by atoms with Gasteiger partial charge in [-0.1, -0.05) is 6.92 Å². The highest BCUT2D eigenvalue weighted by Gasteiger charge is 2.09. The van der Waals surface area contributed by atoms with Crippen molar-refractivity contribution in [2.24, 2.45) is 0 Å². The number of carbonyl (C=O) groups excluding carboxylic acids is 1. The summed E-state index contributed by atoms with van der Waals surface area (Å²) < 4.78 is 5.17. The number of carbonyl (C=O) groups is 1. The summed E-state index contributed by atoms with van der Waals surface area (Å²) in [4.78, 5) is 11.9. The molecule has 0 radical (unpaired) electrons. The van der Waals surface area contributed by atoms with E-state index in [-0.39, 0.29) is 5.78 Å². The molecule has 1 aromatic rings. The molecule has 1 rings (SSSR count). The number of Topliss-reactive ketones (excluding diaryl/α,β-unsaturated/α-hetero) is 1. The van der Waals surface area contributed by atoms with Gasteiger partial charge in [-0.05, 0) is 44.0 Å². The van der Waals surface area contributed by atoms with Crippen molar-refractivity contribution < 1.29 is 9.53 Å². The summed E-state index contributed by atoms with van der Waals surface area (Å²) in [5.41, 5.74) is 1.72. The second kappa shape index (κ2) is 6.40. The van der Waals surface area contributed by atoms with Crippen LogP contribution in [0, 0.1) is 6.92 Å². The van der Waals surface area contributed by atoms with Crippen LogP contribution in [0.25, 0.3) is 0 Å². The van der Waals surface area contributed by atoms with Gasteiger partial charge in [0.15, 0.2) is 5.78 Å². The van der Waals surface area contributed by atoms with Crippen molar-refractivity contribution >= 4 is 5.78 Å². The minimum atomic E-state index is 0.121. The van der Waals surface area contributed by atoms with Crippen molar-refractivity contribution in [3.63, 3.8) is 0 Å². The van der Waals surface area contributed by atoms with Gasteiger partial charge in [-0.25, -0.2) is 0 Å². The van der Waals surface area contributed by atoms with Crippen molar-refractivity contribution in [1.29, 1.82) is 0 Å². The van der Waals surface area contributed by atoms with E-state index in [1.54, 1.807) is 7.11 Å². The molecule has 0 fully saturated rings. The number of ketones is 1. The van der Waals surface area contributed by atoms with Crippen LogP contribution in [0.5, 0.6) is 5.75 Å². The summed E-state index contributed by atoms with van der Waals surface area (Å²) in [6.07, 6.45) is 1.02. The zero-order valence-corrected chi connectivity index (χ0v) is 11.0. The number of hydrogen-bond acceptors (Lipinski definition) is 3. The lowest BCUT2D eigenvalue weighted by molar-refractivity contribution is 0.0987. The van der Waals surface area contributed by atoms with E-state index in [4.69, 9.17) is 4.74 Å². The average Bonchev–Trinajstić information content (AvgIpc) is 2.35. The fraction of sp³-hybridized carbons (Fsp3) is 0.500. The van der Waals surface area contributed by atoms with Crippen LogP contribution in [0.1, 0.15) is 36.2 Å². The van der Waals surface area contributed by atoms with E-state index in [1.807, 2.05) is 25.1 Å². The molecule has 3 heteroatoms. The summed E-state index contributed by atoms with van der Waals surface area (Å²) in [7, 11) is 1.63. The van der Waals surface area contributed by atoms with Crippen LogP contribution in [0.2, 0.25) is 0 Å². The second-order valence-corrected chi connectivity index (χ2v) is 4.30. The molecule has 0 heterocycles. The molecule has 0 amide bonds. The fourth-order valence-corrected chi connectivity index (χ4v) is 1.57. The highest BCUT2D eigenvalue weighted by Crippen LogP contribution is 2.18. The zero-order valence-electron chi connectivity index (χ0n) is 11.0. The molecular weight excluding hydrogens is 214 g/mol. The Morgan fingerprint density at radius 2 is 2.18 bits per heavy atom. The number of benzene rings is 1. The summed E-state index contributed by atoms with van der Waals surface area (Å²) in [6.45, 7) is 6.50. The van der Waals surface area contributed by atoms with E-state index in [0.29, 0.717) is 12.6 Å². The van der Waals surface area contributed by atoms with Gasteiger partial charge in [0, 0.05) is 11.6 Å². The van der Waals surface area contributed by atoms with Crippen molar-refractivity contribution in [3.05, 3.63) is 29.3 Å². The predicted molar refractivity (Wildman–Crippen MR) is 69.8 cm³/mol. The topological polar surface area (TPSA) is 38.3 Å². The Bertz CT molecular complexity index is 388. The minimum Gasteiger partial charge on any atom is -0.496 e. The lowest BCUT2D eigenvalue weighted by atomic mass is 10.1. The summed E-state index contributed by atoms with van der Waals surface area (Å²) in [5.74, 6) is 0.937. The Labute approximate surface area is 103 Å². The van der Waals surface area contributed by atoms with Gasteiger partial charge in [0.2, 0.25) is 0 Å². The standard InChI is InChI=1S/C14H21NO2/c1-5-11(3)15-9-13(16)12-6-7-14(17-4)10(2)8-12/h6-8,11,15H,5,9H2,1-4H3. The predicted octanol–water partition coefficient (Wildman–Crippen LogP) is 2.57. The number of rotatable bonds is 6. The molecular formula is C14H21NO2. The van der Waals surface area contributed by atoms with Gasteiger partial charge in [-0.2, -0.15) is 0 Å². The Kier molecular flexibility index (Phi) is 5.16. The van der Waals surface area contributed by atoms with E-state index in [2.05, 4.69) is 19.2 Å². The van der Waals surface area contributed by atoms with Crippen molar-refractivity contribution in [3.8, 4) is 5.75 Å². The van der Waals surface area contributed by atoms with E-state index < -0.39 is 0 Å². The molecule has 17 heavy (non-hydrogen) atoms. The molecule has 0 aliphatic rings. The van der Waals surface area contributed by atoms with Crippen LogP contribution in [0.15, 0.2) is 18.2 Å². The van der Waals surface area contributed by atoms with Crippen LogP contribution in [-0.4, -0.2) is 25.5 Å². The molecule has 0 aromatic heterocycles. The van der Waals surface area contributed by atoms with Gasteiger partial charge >= 0.3 is 0 Å². The molecule has 1 aromatic carbocycles. The van der Waals surface area contributed by atoms with Crippen molar-refractivity contribution in [2.75, 3.05) is 13.7 Å². The van der Waals surface area contributed by atoms with E-state index in [1.165, 1.54) is 0 Å². The molecule has 3 nitrogen and oxygen atoms in total. The van der Waals surface area contributed by atoms with E-state index in [9.17, 15) is 4.79 Å². The first-order valence-corrected chi connectivity index (χ1v) is 5.99. The number of ether oxygens (including phenoxy) is 1. The van der Waals surface area contributed by atoms with Crippen molar-refractivity contribution in [1.82, 2.24) is 5.32 Å². The molecule has 1 N–H and O–H groups in total. The SMILES string of the molecule is CCC(C)NCC(=O)c1ccc(OC)c(C)c1. The third-order valence-corrected chi connectivity index (χ3v) is 2.94. The normalized spacial score (nSPS) is 12.2. The summed E-state index contributed by atoms with van der Waals surface area (Å²) in [6, 6.07) is 5.90. The van der Waals surface area contributed by atoms with Gasteiger partial charge in [0.05, 0.1) is 13.7 Å². The van der Waals surface area contributed by atoms with Gasteiger partial charge in [-0.15, -0.1) is 0 Å². The van der Waals surface area contributed by atoms with E-state index >= 15 is 0 Å². The molecule has 0 bridgehead atoms. The largest absolute Gasteiger partial charge is 0.496 e. The number of aryl methyl sites for hydroxylation is 1. The molecule has 1 unspecified atom stereocenters. The van der Waals surface area contributed by atoms with Crippen LogP contribution in [0.4, 0.5) is 0 Å². The molecule has 0 spiro atoms. The molecule has 0 saturated heterocycles. The van der Waals surface area contributed by atoms with Gasteiger partial charge in [0.25, 0.3) is 0 Å². The lowest BCUT2D eigenvalue weighted by Gasteiger charge is -2.11. The zero-order chi connectivity index (χ0) is 12.8. The maximum absolute atomic E-state index is 11.9. The Balaban J connectivity index is 2.66. The second-order valence-electron chi connectivity index (χ2n) is 4.30. The molecule has 0 saturated carbocycles. The van der Waals surface area contributed by atoms with Crippen molar-refractivity contribution in [2.45, 2.75) is 33.2 Å². The smallest absolute Gasteiger partial charge is 0.176 e. The Morgan fingerprint density at radius 3 is 2.71 bits per heavy atom. The molecule has 94 valence electrons. The number of nitrogens with one attached hydrogen (secondary N) is 1. The quantitative estimate of drug-likeness (QED) is 0.770. The highest BCUT2D eigenvalue weighted by atomic mass is 16.5. The average molecular weight is 235 g/mol. The third kappa shape index (κ3) is 3.86. The maximum atomic E-state index is 11.9. The van der Waals surface area contributed by atoms with Crippen LogP contribution in [-0.2, 0) is 0 Å². The number of methoxy groups -OCH3 is 1. The summed E-state index contributed by atoms with van der Waals surface area (Å²) >= 11 is 0. The van der Waals surface area contributed by atoms with Crippen LogP contribution in [0.3, 0.4) is 0 Å². The Morgan fingerprint density at radius 1 is 1.47 bits per heavy atom. The molecule has 0 aliphatic heterocycles. The Hall–Kier alpha value is -1.35. The van der Waals surface area contributed by atoms with Crippen LogP contribution >= 0.6 is 0 Å². The van der Waals surface area contributed by atoms with Gasteiger partial charge in [0.1, 0.15) is 5.75 Å². The first-order chi connectivity index (χ1) is 8.08. The number of hydrogen-bond donors (Lipinski definition) is 1. The highest BCUT2D eigenvalue weighted by molar-refractivity contribution is 5.97. The third-order valence-electron chi connectivity index (χ3n) is 2.94.